The van der Waals surface area contributed by atoms with Gasteiger partial charge in [0.1, 0.15) is 0 Å². The van der Waals surface area contributed by atoms with E-state index < -0.39 is 0 Å². The van der Waals surface area contributed by atoms with E-state index in [1.807, 2.05) is 0 Å². The second-order valence-electron chi connectivity index (χ2n) is 7.32. The molecule has 2 rings (SSSR count). The quantitative estimate of drug-likeness (QED) is 0.744. The van der Waals surface area contributed by atoms with Crippen molar-refractivity contribution in [2.75, 3.05) is 6.54 Å². The molecule has 0 aliphatic heterocycles. The molecule has 2 fully saturated rings. The maximum absolute atomic E-state index is 6.07. The van der Waals surface area contributed by atoms with Crippen LogP contribution in [0.5, 0.6) is 0 Å². The van der Waals surface area contributed by atoms with E-state index in [2.05, 4.69) is 13.8 Å². The maximum Gasteiger partial charge on any atom is -0.00461 e. The Morgan fingerprint density at radius 1 is 0.895 bits per heavy atom. The van der Waals surface area contributed by atoms with Crippen LogP contribution in [0.3, 0.4) is 0 Å². The fourth-order valence-corrected chi connectivity index (χ4v) is 4.92. The number of rotatable bonds is 5. The normalized spacial score (nSPS) is 40.3. The summed E-state index contributed by atoms with van der Waals surface area (Å²) in [6.07, 6.45) is 14.6. The summed E-state index contributed by atoms with van der Waals surface area (Å²) in [6, 6.07) is 0. The van der Waals surface area contributed by atoms with Crippen molar-refractivity contribution in [2.24, 2.45) is 35.3 Å². The molecule has 0 aromatic rings. The molecule has 2 N–H and O–H groups in total. The molecule has 2 aliphatic rings. The predicted octanol–water partition coefficient (Wildman–Crippen LogP) is 4.99. The molecule has 3 unspecified atom stereocenters. The van der Waals surface area contributed by atoms with Crippen molar-refractivity contribution in [3.05, 3.63) is 0 Å². The molecule has 1 heteroatoms. The van der Waals surface area contributed by atoms with Crippen LogP contribution in [0.2, 0.25) is 0 Å². The first-order valence-electron chi connectivity index (χ1n) is 8.98. The Hall–Kier alpha value is -0.0400. The van der Waals surface area contributed by atoms with Crippen molar-refractivity contribution >= 4 is 0 Å². The van der Waals surface area contributed by atoms with Crippen molar-refractivity contribution in [3.8, 4) is 0 Å². The van der Waals surface area contributed by atoms with Gasteiger partial charge < -0.3 is 5.73 Å². The van der Waals surface area contributed by atoms with Gasteiger partial charge in [0, 0.05) is 0 Å². The van der Waals surface area contributed by atoms with Gasteiger partial charge >= 0.3 is 0 Å². The minimum atomic E-state index is 0.844. The van der Waals surface area contributed by atoms with Crippen LogP contribution in [0, 0.1) is 29.6 Å². The second-order valence-corrected chi connectivity index (χ2v) is 7.32. The number of hydrogen-bond acceptors (Lipinski definition) is 1. The van der Waals surface area contributed by atoms with E-state index in [1.54, 1.807) is 0 Å². The summed E-state index contributed by atoms with van der Waals surface area (Å²) in [5.74, 6) is 4.87. The molecule has 1 nitrogen and oxygen atoms in total. The molecular weight excluding hydrogens is 230 g/mol. The van der Waals surface area contributed by atoms with Crippen LogP contribution in [0.25, 0.3) is 0 Å². The van der Waals surface area contributed by atoms with Crippen molar-refractivity contribution in [3.63, 3.8) is 0 Å². The molecule has 0 aromatic carbocycles. The highest BCUT2D eigenvalue weighted by Crippen LogP contribution is 2.45. The summed E-state index contributed by atoms with van der Waals surface area (Å²) in [4.78, 5) is 0. The molecule has 0 saturated heterocycles. The highest BCUT2D eigenvalue weighted by molar-refractivity contribution is 4.87. The molecule has 3 atom stereocenters. The summed E-state index contributed by atoms with van der Waals surface area (Å²) in [7, 11) is 0. The molecule has 0 aromatic heterocycles. The summed E-state index contributed by atoms with van der Waals surface area (Å²) in [6.45, 7) is 5.65. The standard InChI is InChI=1S/C18H35N/c1-3-5-15-8-11-17(13-19)18(12-15)16-9-6-14(4-2)7-10-16/h14-18H,3-13,19H2,1-2H3. The summed E-state index contributed by atoms with van der Waals surface area (Å²) in [5.41, 5.74) is 6.07. The fraction of sp³-hybridized carbons (Fsp3) is 1.00. The van der Waals surface area contributed by atoms with Gasteiger partial charge in [0.15, 0.2) is 0 Å². The lowest BCUT2D eigenvalue weighted by molar-refractivity contribution is 0.0849. The molecule has 0 bridgehead atoms. The third kappa shape index (κ3) is 3.97. The van der Waals surface area contributed by atoms with Crippen LogP contribution in [0.1, 0.15) is 78.1 Å². The topological polar surface area (TPSA) is 26.0 Å². The number of nitrogens with two attached hydrogens (primary N) is 1. The fourth-order valence-electron chi connectivity index (χ4n) is 4.92. The minimum Gasteiger partial charge on any atom is -0.330 e. The van der Waals surface area contributed by atoms with Crippen LogP contribution >= 0.6 is 0 Å². The molecule has 0 heterocycles. The van der Waals surface area contributed by atoms with Gasteiger partial charge in [-0.3, -0.25) is 0 Å². The molecule has 0 amide bonds. The largest absolute Gasteiger partial charge is 0.330 e. The Balaban J connectivity index is 1.90. The average Bonchev–Trinajstić information content (AvgIpc) is 2.47. The second kappa shape index (κ2) is 7.67. The molecule has 0 spiro atoms. The number of hydrogen-bond donors (Lipinski definition) is 1. The van der Waals surface area contributed by atoms with Crippen LogP contribution < -0.4 is 5.73 Å². The Morgan fingerprint density at radius 2 is 1.58 bits per heavy atom. The Labute approximate surface area is 120 Å². The van der Waals surface area contributed by atoms with Crippen molar-refractivity contribution in [1.82, 2.24) is 0 Å². The van der Waals surface area contributed by atoms with Gasteiger partial charge in [-0.2, -0.15) is 0 Å². The van der Waals surface area contributed by atoms with E-state index in [-0.39, 0.29) is 0 Å². The zero-order valence-corrected chi connectivity index (χ0v) is 13.2. The molecular formula is C18H35N. The molecule has 2 aliphatic carbocycles. The SMILES string of the molecule is CCCC1CCC(CN)C(C2CCC(CC)CC2)C1. The van der Waals surface area contributed by atoms with Crippen molar-refractivity contribution in [2.45, 2.75) is 78.1 Å². The summed E-state index contributed by atoms with van der Waals surface area (Å²) < 4.78 is 0. The van der Waals surface area contributed by atoms with Gasteiger partial charge in [-0.05, 0) is 61.8 Å². The maximum atomic E-state index is 6.07. The Kier molecular flexibility index (Phi) is 6.19. The van der Waals surface area contributed by atoms with Crippen LogP contribution in [0.15, 0.2) is 0 Å². The zero-order valence-electron chi connectivity index (χ0n) is 13.2. The van der Waals surface area contributed by atoms with Gasteiger partial charge in [-0.25, -0.2) is 0 Å². The summed E-state index contributed by atoms with van der Waals surface area (Å²) >= 11 is 0. The zero-order chi connectivity index (χ0) is 13.7. The van der Waals surface area contributed by atoms with Crippen molar-refractivity contribution in [1.29, 1.82) is 0 Å². The Morgan fingerprint density at radius 3 is 2.16 bits per heavy atom. The van der Waals surface area contributed by atoms with Gasteiger partial charge in [-0.1, -0.05) is 52.4 Å². The average molecular weight is 265 g/mol. The van der Waals surface area contributed by atoms with Crippen LogP contribution in [-0.4, -0.2) is 6.54 Å². The summed E-state index contributed by atoms with van der Waals surface area (Å²) in [5, 5.41) is 0. The smallest absolute Gasteiger partial charge is 0.00461 e. The highest BCUT2D eigenvalue weighted by Gasteiger charge is 2.36. The van der Waals surface area contributed by atoms with Crippen LogP contribution in [-0.2, 0) is 0 Å². The van der Waals surface area contributed by atoms with E-state index in [4.69, 9.17) is 5.73 Å². The minimum absolute atomic E-state index is 0.844. The van der Waals surface area contributed by atoms with Gasteiger partial charge in [0.25, 0.3) is 0 Å². The Bertz CT molecular complexity index is 242. The predicted molar refractivity (Wildman–Crippen MR) is 84.0 cm³/mol. The van der Waals surface area contributed by atoms with Gasteiger partial charge in [0.05, 0.1) is 0 Å². The molecule has 112 valence electrons. The molecule has 19 heavy (non-hydrogen) atoms. The molecule has 2 saturated carbocycles. The van der Waals surface area contributed by atoms with E-state index >= 15 is 0 Å². The highest BCUT2D eigenvalue weighted by atomic mass is 14.6. The first kappa shape index (κ1) is 15.4. The monoisotopic (exact) mass is 265 g/mol. The van der Waals surface area contributed by atoms with Crippen molar-refractivity contribution < 1.29 is 0 Å². The lowest BCUT2D eigenvalue weighted by Crippen LogP contribution is -2.36. The lowest BCUT2D eigenvalue weighted by atomic mass is 9.63. The molecule has 0 radical (unpaired) electrons. The van der Waals surface area contributed by atoms with Gasteiger partial charge in [0.2, 0.25) is 0 Å². The van der Waals surface area contributed by atoms with Crippen LogP contribution in [0.4, 0.5) is 0 Å². The first-order valence-corrected chi connectivity index (χ1v) is 8.98. The van der Waals surface area contributed by atoms with E-state index in [0.29, 0.717) is 0 Å². The van der Waals surface area contributed by atoms with Gasteiger partial charge in [-0.15, -0.1) is 0 Å². The first-order chi connectivity index (χ1) is 9.28. The third-order valence-corrected chi connectivity index (χ3v) is 6.23. The van der Waals surface area contributed by atoms with E-state index in [1.165, 1.54) is 64.2 Å². The lowest BCUT2D eigenvalue weighted by Gasteiger charge is -2.43. The van der Waals surface area contributed by atoms with E-state index in [0.717, 1.165) is 36.1 Å². The third-order valence-electron chi connectivity index (χ3n) is 6.23. The van der Waals surface area contributed by atoms with E-state index in [9.17, 15) is 0 Å².